The van der Waals surface area contributed by atoms with Gasteiger partial charge in [0.15, 0.2) is 0 Å². The summed E-state index contributed by atoms with van der Waals surface area (Å²) in [6.07, 6.45) is -0.418. The van der Waals surface area contributed by atoms with E-state index < -0.39 is 12.8 Å². The second-order valence-corrected chi connectivity index (χ2v) is 4.76. The van der Waals surface area contributed by atoms with Gasteiger partial charge in [0.1, 0.15) is 6.61 Å². The maximum absolute atomic E-state index is 12.0. The summed E-state index contributed by atoms with van der Waals surface area (Å²) in [4.78, 5) is 0. The molecular weight excluding hydrogens is 285 g/mol. The second-order valence-electron chi connectivity index (χ2n) is 4.20. The van der Waals surface area contributed by atoms with Crippen LogP contribution in [0.15, 0.2) is 0 Å². The van der Waals surface area contributed by atoms with Gasteiger partial charge in [-0.3, -0.25) is 0 Å². The maximum Gasteiger partial charge on any atom is 0.411 e. The van der Waals surface area contributed by atoms with Crippen LogP contribution in [0.1, 0.15) is 39.5 Å². The third-order valence-electron chi connectivity index (χ3n) is 2.77. The van der Waals surface area contributed by atoms with E-state index in [1.165, 1.54) is 0 Å². The summed E-state index contributed by atoms with van der Waals surface area (Å²) >= 11 is 3.38. The van der Waals surface area contributed by atoms with Crippen LogP contribution >= 0.6 is 15.9 Å². The minimum absolute atomic E-state index is 0.152. The summed E-state index contributed by atoms with van der Waals surface area (Å²) < 4.78 is 40.6. The van der Waals surface area contributed by atoms with Crippen LogP contribution in [0, 0.1) is 5.41 Å². The number of hydrogen-bond donors (Lipinski definition) is 0. The number of hydrogen-bond acceptors (Lipinski definition) is 1. The zero-order valence-electron chi connectivity index (χ0n) is 9.87. The Morgan fingerprint density at radius 1 is 1.12 bits per heavy atom. The van der Waals surface area contributed by atoms with Crippen LogP contribution in [0.2, 0.25) is 0 Å². The quantitative estimate of drug-likeness (QED) is 0.598. The van der Waals surface area contributed by atoms with Gasteiger partial charge in [-0.25, -0.2) is 0 Å². The highest BCUT2D eigenvalue weighted by atomic mass is 79.9. The monoisotopic (exact) mass is 304 g/mol. The molecular formula is C11H20BrF3O. The highest BCUT2D eigenvalue weighted by molar-refractivity contribution is 9.09. The van der Waals surface area contributed by atoms with Gasteiger partial charge in [-0.2, -0.15) is 13.2 Å². The molecule has 0 rings (SSSR count). The Bertz CT molecular complexity index is 179. The Morgan fingerprint density at radius 3 is 2.12 bits per heavy atom. The van der Waals surface area contributed by atoms with E-state index in [1.807, 2.05) is 6.92 Å². The van der Waals surface area contributed by atoms with Gasteiger partial charge in [-0.05, 0) is 12.8 Å². The van der Waals surface area contributed by atoms with Crippen molar-refractivity contribution in [2.45, 2.75) is 45.7 Å². The lowest BCUT2D eigenvalue weighted by atomic mass is 9.83. The Labute approximate surface area is 104 Å². The van der Waals surface area contributed by atoms with Crippen molar-refractivity contribution in [1.29, 1.82) is 0 Å². The molecule has 1 nitrogen and oxygen atoms in total. The molecule has 0 amide bonds. The van der Waals surface area contributed by atoms with Gasteiger partial charge in [0.2, 0.25) is 0 Å². The van der Waals surface area contributed by atoms with Gasteiger partial charge in [0.25, 0.3) is 0 Å². The molecule has 0 heterocycles. The van der Waals surface area contributed by atoms with Crippen LogP contribution in [0.3, 0.4) is 0 Å². The van der Waals surface area contributed by atoms with E-state index in [-0.39, 0.29) is 12.0 Å². The second kappa shape index (κ2) is 7.54. The molecule has 16 heavy (non-hydrogen) atoms. The molecule has 0 aliphatic rings. The highest BCUT2D eigenvalue weighted by Crippen LogP contribution is 2.32. The van der Waals surface area contributed by atoms with Crippen LogP contribution in [-0.4, -0.2) is 24.7 Å². The molecule has 0 N–H and O–H groups in total. The van der Waals surface area contributed by atoms with Gasteiger partial charge in [-0.1, -0.05) is 42.6 Å². The van der Waals surface area contributed by atoms with Crippen molar-refractivity contribution in [3.05, 3.63) is 0 Å². The highest BCUT2D eigenvalue weighted by Gasteiger charge is 2.31. The molecule has 98 valence electrons. The zero-order valence-corrected chi connectivity index (χ0v) is 11.5. The van der Waals surface area contributed by atoms with E-state index >= 15 is 0 Å². The third kappa shape index (κ3) is 6.74. The predicted molar refractivity (Wildman–Crippen MR) is 62.9 cm³/mol. The Hall–Kier alpha value is 0.230. The molecule has 0 radical (unpaired) electrons. The fraction of sp³-hybridized carbons (Fsp3) is 1.00. The summed E-state index contributed by atoms with van der Waals surface area (Å²) in [5.74, 6) is 0. The topological polar surface area (TPSA) is 9.23 Å². The fourth-order valence-electron chi connectivity index (χ4n) is 1.49. The van der Waals surface area contributed by atoms with Crippen LogP contribution in [0.25, 0.3) is 0 Å². The van der Waals surface area contributed by atoms with Crippen LogP contribution in [-0.2, 0) is 4.74 Å². The molecule has 0 fully saturated rings. The van der Waals surface area contributed by atoms with E-state index in [0.29, 0.717) is 5.33 Å². The third-order valence-corrected chi connectivity index (χ3v) is 3.96. The Kier molecular flexibility index (Phi) is 7.64. The number of ether oxygens (including phenoxy) is 1. The van der Waals surface area contributed by atoms with E-state index in [1.54, 1.807) is 0 Å². The SMILES string of the molecule is CCCCC(CC)(CBr)COCC(F)(F)F. The number of unbranched alkanes of at least 4 members (excludes halogenated alkanes) is 1. The molecule has 1 unspecified atom stereocenters. The minimum atomic E-state index is -4.23. The number of rotatable bonds is 8. The smallest absolute Gasteiger partial charge is 0.371 e. The lowest BCUT2D eigenvalue weighted by Gasteiger charge is -2.30. The summed E-state index contributed by atoms with van der Waals surface area (Å²) in [6.45, 7) is 3.10. The molecule has 0 aliphatic heterocycles. The Balaban J connectivity index is 4.11. The molecule has 0 saturated heterocycles. The normalized spacial score (nSPS) is 16.1. The van der Waals surface area contributed by atoms with Crippen molar-refractivity contribution >= 4 is 15.9 Å². The number of halogens is 4. The largest absolute Gasteiger partial charge is 0.411 e. The first-order chi connectivity index (χ1) is 7.39. The average molecular weight is 305 g/mol. The molecule has 1 atom stereocenters. The van der Waals surface area contributed by atoms with Crippen molar-refractivity contribution in [2.75, 3.05) is 18.5 Å². The summed E-state index contributed by atoms with van der Waals surface area (Å²) in [5.41, 5.74) is -0.152. The minimum Gasteiger partial charge on any atom is -0.371 e. The fourth-order valence-corrected chi connectivity index (χ4v) is 2.32. The lowest BCUT2D eigenvalue weighted by Crippen LogP contribution is -2.30. The van der Waals surface area contributed by atoms with Gasteiger partial charge < -0.3 is 4.74 Å². The van der Waals surface area contributed by atoms with Crippen molar-refractivity contribution in [2.24, 2.45) is 5.41 Å². The van der Waals surface area contributed by atoms with E-state index in [4.69, 9.17) is 4.74 Å². The number of alkyl halides is 4. The molecule has 0 saturated carbocycles. The van der Waals surface area contributed by atoms with Crippen LogP contribution in [0.5, 0.6) is 0 Å². The zero-order chi connectivity index (χ0) is 12.7. The van der Waals surface area contributed by atoms with Crippen molar-refractivity contribution in [3.8, 4) is 0 Å². The van der Waals surface area contributed by atoms with E-state index in [9.17, 15) is 13.2 Å². The standard InChI is InChI=1S/C11H20BrF3O/c1-3-5-6-10(4-2,7-12)8-16-9-11(13,14)15/h3-9H2,1-2H3. The average Bonchev–Trinajstić information content (AvgIpc) is 2.22. The van der Waals surface area contributed by atoms with Crippen LogP contribution < -0.4 is 0 Å². The van der Waals surface area contributed by atoms with E-state index in [2.05, 4.69) is 22.9 Å². The summed E-state index contributed by atoms with van der Waals surface area (Å²) in [6, 6.07) is 0. The molecule has 0 bridgehead atoms. The molecule has 5 heteroatoms. The molecule has 0 aliphatic carbocycles. The summed E-state index contributed by atoms with van der Waals surface area (Å²) in [5, 5.41) is 0.689. The van der Waals surface area contributed by atoms with Crippen molar-refractivity contribution < 1.29 is 17.9 Å². The Morgan fingerprint density at radius 2 is 1.75 bits per heavy atom. The van der Waals surface area contributed by atoms with Crippen molar-refractivity contribution in [1.82, 2.24) is 0 Å². The van der Waals surface area contributed by atoms with Gasteiger partial charge in [-0.15, -0.1) is 0 Å². The molecule has 0 aromatic rings. The van der Waals surface area contributed by atoms with Gasteiger partial charge >= 0.3 is 6.18 Å². The maximum atomic E-state index is 12.0. The van der Waals surface area contributed by atoms with E-state index in [0.717, 1.165) is 25.7 Å². The molecule has 0 spiro atoms. The summed E-state index contributed by atoms with van der Waals surface area (Å²) in [7, 11) is 0. The van der Waals surface area contributed by atoms with Crippen LogP contribution in [0.4, 0.5) is 13.2 Å². The first-order valence-corrected chi connectivity index (χ1v) is 6.72. The van der Waals surface area contributed by atoms with Gasteiger partial charge in [0.05, 0.1) is 6.61 Å². The molecule has 0 aromatic carbocycles. The van der Waals surface area contributed by atoms with Gasteiger partial charge in [0, 0.05) is 10.7 Å². The first-order valence-electron chi connectivity index (χ1n) is 5.59. The molecule has 0 aromatic heterocycles. The predicted octanol–water partition coefficient (Wildman–Crippen LogP) is 4.55. The first kappa shape index (κ1) is 16.2. The lowest BCUT2D eigenvalue weighted by molar-refractivity contribution is -0.180. The van der Waals surface area contributed by atoms with Crippen molar-refractivity contribution in [3.63, 3.8) is 0 Å².